The molecule has 0 rings (SSSR count). The second-order valence-corrected chi connectivity index (χ2v) is 3.88. The number of rotatable bonds is 6. The van der Waals surface area contributed by atoms with Crippen molar-refractivity contribution in [1.29, 1.82) is 0 Å². The van der Waals surface area contributed by atoms with E-state index in [0.717, 1.165) is 0 Å². The Bertz CT molecular complexity index is 133. The minimum absolute atomic E-state index is 0.00819. The lowest BCUT2D eigenvalue weighted by atomic mass is 10.00. The summed E-state index contributed by atoms with van der Waals surface area (Å²) in [6.45, 7) is 5.78. The van der Waals surface area contributed by atoms with Crippen molar-refractivity contribution in [3.63, 3.8) is 0 Å². The second-order valence-electron chi connectivity index (χ2n) is 3.88. The molecule has 4 heteroatoms. The molecule has 0 aromatic carbocycles. The number of methoxy groups -OCH3 is 1. The van der Waals surface area contributed by atoms with Crippen LogP contribution in [0.5, 0.6) is 0 Å². The van der Waals surface area contributed by atoms with E-state index in [1.54, 1.807) is 21.0 Å². The van der Waals surface area contributed by atoms with Crippen LogP contribution in [0.25, 0.3) is 0 Å². The van der Waals surface area contributed by atoms with Crippen LogP contribution in [0.4, 0.5) is 0 Å². The third-order valence-corrected chi connectivity index (χ3v) is 2.13. The fourth-order valence-corrected chi connectivity index (χ4v) is 0.912. The average molecular weight is 191 g/mol. The van der Waals surface area contributed by atoms with Crippen molar-refractivity contribution in [3.8, 4) is 0 Å². The number of aliphatic hydroxyl groups is 2. The van der Waals surface area contributed by atoms with Gasteiger partial charge in [-0.15, -0.1) is 0 Å². The molecule has 4 nitrogen and oxygen atoms in total. The van der Waals surface area contributed by atoms with Gasteiger partial charge in [-0.05, 0) is 20.8 Å². The molecule has 0 saturated carbocycles. The largest absolute Gasteiger partial charge is 0.395 e. The Balaban J connectivity index is 3.93. The Morgan fingerprint density at radius 3 is 2.31 bits per heavy atom. The maximum Gasteiger partial charge on any atom is 0.0741 e. The molecule has 0 aliphatic heterocycles. The van der Waals surface area contributed by atoms with Crippen LogP contribution in [0, 0.1) is 0 Å². The van der Waals surface area contributed by atoms with E-state index in [1.807, 2.05) is 6.92 Å². The predicted octanol–water partition coefficient (Wildman–Crippen LogP) is -0.257. The Labute approximate surface area is 79.9 Å². The summed E-state index contributed by atoms with van der Waals surface area (Å²) in [7, 11) is 1.58. The molecule has 0 fully saturated rings. The third-order valence-electron chi connectivity index (χ3n) is 2.13. The highest BCUT2D eigenvalue weighted by molar-refractivity contribution is 4.82. The fraction of sp³-hybridized carbons (Fsp3) is 1.00. The molecular weight excluding hydrogens is 170 g/mol. The van der Waals surface area contributed by atoms with E-state index >= 15 is 0 Å². The number of hydrogen-bond donors (Lipinski definition) is 3. The van der Waals surface area contributed by atoms with Gasteiger partial charge in [-0.25, -0.2) is 0 Å². The molecule has 0 aromatic rings. The molecular formula is C9H21NO3. The number of aliphatic hydroxyl groups excluding tert-OH is 1. The smallest absolute Gasteiger partial charge is 0.0741 e. The molecule has 2 unspecified atom stereocenters. The molecule has 0 radical (unpaired) electrons. The van der Waals surface area contributed by atoms with Crippen molar-refractivity contribution >= 4 is 0 Å². The number of ether oxygens (including phenoxy) is 1. The molecule has 0 bridgehead atoms. The van der Waals surface area contributed by atoms with Crippen LogP contribution in [-0.2, 0) is 4.74 Å². The maximum absolute atomic E-state index is 9.61. The van der Waals surface area contributed by atoms with Gasteiger partial charge in [-0.2, -0.15) is 0 Å². The van der Waals surface area contributed by atoms with Crippen molar-refractivity contribution in [2.24, 2.45) is 0 Å². The van der Waals surface area contributed by atoms with E-state index in [0.29, 0.717) is 6.61 Å². The van der Waals surface area contributed by atoms with E-state index in [2.05, 4.69) is 5.32 Å². The molecule has 13 heavy (non-hydrogen) atoms. The zero-order valence-corrected chi connectivity index (χ0v) is 8.87. The summed E-state index contributed by atoms with van der Waals surface area (Å²) in [6, 6.07) is -0.203. The highest BCUT2D eigenvalue weighted by Crippen LogP contribution is 2.08. The molecule has 0 amide bonds. The zero-order chi connectivity index (χ0) is 10.5. The summed E-state index contributed by atoms with van der Waals surface area (Å²) in [5.74, 6) is 0. The fourth-order valence-electron chi connectivity index (χ4n) is 0.912. The SMILES string of the molecule is COCC(CO)NC(C)C(C)(C)O. The molecule has 2 atom stereocenters. The number of nitrogens with one attached hydrogen (secondary N) is 1. The van der Waals surface area contributed by atoms with Crippen LogP contribution in [0.15, 0.2) is 0 Å². The summed E-state index contributed by atoms with van der Waals surface area (Å²) in [5.41, 5.74) is -0.791. The van der Waals surface area contributed by atoms with Crippen LogP contribution < -0.4 is 5.32 Å². The minimum atomic E-state index is -0.791. The lowest BCUT2D eigenvalue weighted by Gasteiger charge is -2.30. The summed E-state index contributed by atoms with van der Waals surface area (Å²) in [5, 5.41) is 21.6. The van der Waals surface area contributed by atoms with Gasteiger partial charge in [-0.1, -0.05) is 0 Å². The molecule has 0 aromatic heterocycles. The van der Waals surface area contributed by atoms with Gasteiger partial charge in [0.05, 0.1) is 24.9 Å². The number of hydrogen-bond acceptors (Lipinski definition) is 4. The molecule has 80 valence electrons. The third kappa shape index (κ3) is 5.21. The van der Waals surface area contributed by atoms with Crippen molar-refractivity contribution in [1.82, 2.24) is 5.32 Å². The zero-order valence-electron chi connectivity index (χ0n) is 8.87. The van der Waals surface area contributed by atoms with E-state index in [9.17, 15) is 5.11 Å². The highest BCUT2D eigenvalue weighted by Gasteiger charge is 2.24. The molecule has 0 heterocycles. The molecule has 3 N–H and O–H groups in total. The summed E-state index contributed by atoms with van der Waals surface area (Å²) >= 11 is 0. The second kappa shape index (κ2) is 5.54. The summed E-state index contributed by atoms with van der Waals surface area (Å²) < 4.78 is 4.90. The van der Waals surface area contributed by atoms with Gasteiger partial charge in [0.2, 0.25) is 0 Å². The van der Waals surface area contributed by atoms with Crippen molar-refractivity contribution in [3.05, 3.63) is 0 Å². The first-order valence-electron chi connectivity index (χ1n) is 4.50. The van der Waals surface area contributed by atoms with Gasteiger partial charge in [0.25, 0.3) is 0 Å². The Morgan fingerprint density at radius 1 is 1.46 bits per heavy atom. The van der Waals surface area contributed by atoms with Crippen molar-refractivity contribution in [2.45, 2.75) is 38.5 Å². The molecule has 0 aliphatic carbocycles. The standard InChI is InChI=1S/C9H21NO3/c1-7(9(2,3)12)10-8(5-11)6-13-4/h7-8,10-12H,5-6H2,1-4H3. The van der Waals surface area contributed by atoms with Gasteiger partial charge in [0.15, 0.2) is 0 Å². The van der Waals surface area contributed by atoms with Crippen LogP contribution in [-0.4, -0.2) is 48.2 Å². The lowest BCUT2D eigenvalue weighted by molar-refractivity contribution is 0.0278. The predicted molar refractivity (Wildman–Crippen MR) is 51.6 cm³/mol. The van der Waals surface area contributed by atoms with Crippen LogP contribution in [0.2, 0.25) is 0 Å². The van der Waals surface area contributed by atoms with Gasteiger partial charge in [0, 0.05) is 13.2 Å². The molecule has 0 saturated heterocycles. The molecule has 0 aliphatic rings. The van der Waals surface area contributed by atoms with E-state index in [4.69, 9.17) is 9.84 Å². The van der Waals surface area contributed by atoms with E-state index in [1.165, 1.54) is 0 Å². The summed E-state index contributed by atoms with van der Waals surface area (Å²) in [6.07, 6.45) is 0. The van der Waals surface area contributed by atoms with E-state index in [-0.39, 0.29) is 18.7 Å². The first-order valence-corrected chi connectivity index (χ1v) is 4.50. The van der Waals surface area contributed by atoms with Gasteiger partial charge >= 0.3 is 0 Å². The maximum atomic E-state index is 9.61. The lowest BCUT2D eigenvalue weighted by Crippen LogP contribution is -2.51. The van der Waals surface area contributed by atoms with Gasteiger partial charge in [0.1, 0.15) is 0 Å². The minimum Gasteiger partial charge on any atom is -0.395 e. The quantitative estimate of drug-likeness (QED) is 0.541. The normalized spacial score (nSPS) is 17.1. The van der Waals surface area contributed by atoms with Crippen molar-refractivity contribution < 1.29 is 14.9 Å². The first-order chi connectivity index (χ1) is 5.91. The topological polar surface area (TPSA) is 61.7 Å². The van der Waals surface area contributed by atoms with Crippen LogP contribution >= 0.6 is 0 Å². The highest BCUT2D eigenvalue weighted by atomic mass is 16.5. The summed E-state index contributed by atoms with van der Waals surface area (Å²) in [4.78, 5) is 0. The Morgan fingerprint density at radius 2 is 2.00 bits per heavy atom. The van der Waals surface area contributed by atoms with Gasteiger partial charge in [-0.3, -0.25) is 0 Å². The van der Waals surface area contributed by atoms with Crippen LogP contribution in [0.1, 0.15) is 20.8 Å². The first kappa shape index (κ1) is 12.8. The Kier molecular flexibility index (Phi) is 5.48. The average Bonchev–Trinajstić information content (AvgIpc) is 2.01. The van der Waals surface area contributed by atoms with Crippen LogP contribution in [0.3, 0.4) is 0 Å². The van der Waals surface area contributed by atoms with Crippen molar-refractivity contribution in [2.75, 3.05) is 20.3 Å². The monoisotopic (exact) mass is 191 g/mol. The van der Waals surface area contributed by atoms with E-state index < -0.39 is 5.60 Å². The Hall–Kier alpha value is -0.160. The molecule has 0 spiro atoms. The van der Waals surface area contributed by atoms with Gasteiger partial charge < -0.3 is 20.3 Å².